The topological polar surface area (TPSA) is 68.5 Å². The van der Waals surface area contributed by atoms with Gasteiger partial charge in [-0.1, -0.05) is 17.3 Å². The van der Waals surface area contributed by atoms with E-state index in [-0.39, 0.29) is 11.8 Å². The minimum Gasteiger partial charge on any atom is -0.492 e. The summed E-state index contributed by atoms with van der Waals surface area (Å²) in [5, 5.41) is 3.92. The molecule has 21 heavy (non-hydrogen) atoms. The zero-order valence-electron chi connectivity index (χ0n) is 12.1. The van der Waals surface area contributed by atoms with Crippen molar-refractivity contribution in [1.82, 2.24) is 10.1 Å². The highest BCUT2D eigenvalue weighted by molar-refractivity contribution is 5.97. The van der Waals surface area contributed by atoms with Crippen LogP contribution in [0.2, 0.25) is 0 Å². The number of aromatic nitrogens is 2. The van der Waals surface area contributed by atoms with E-state index in [1.807, 2.05) is 31.2 Å². The van der Waals surface area contributed by atoms with Gasteiger partial charge in [-0.2, -0.15) is 4.98 Å². The number of ether oxygens (including phenoxy) is 1. The monoisotopic (exact) mass is 287 g/mol. The van der Waals surface area contributed by atoms with Crippen molar-refractivity contribution in [2.24, 2.45) is 0 Å². The van der Waals surface area contributed by atoms with E-state index in [4.69, 9.17) is 9.26 Å². The molecule has 0 N–H and O–H groups in total. The van der Waals surface area contributed by atoms with Gasteiger partial charge in [-0.25, -0.2) is 0 Å². The highest BCUT2D eigenvalue weighted by Crippen LogP contribution is 2.35. The normalized spacial score (nSPS) is 18.3. The maximum atomic E-state index is 12.3. The molecule has 0 radical (unpaired) electrons. The Bertz CT molecular complexity index is 653. The van der Waals surface area contributed by atoms with Gasteiger partial charge in [0.25, 0.3) is 0 Å². The molecule has 0 spiro atoms. The molecule has 0 bridgehead atoms. The smallest absolute Gasteiger partial charge is 0.227 e. The third kappa shape index (κ3) is 2.61. The minimum absolute atomic E-state index is 0.0374. The van der Waals surface area contributed by atoms with Gasteiger partial charge in [0, 0.05) is 25.8 Å². The molecule has 1 aliphatic heterocycles. The van der Waals surface area contributed by atoms with Crippen LogP contribution >= 0.6 is 0 Å². The fourth-order valence-corrected chi connectivity index (χ4v) is 2.55. The van der Waals surface area contributed by atoms with Gasteiger partial charge in [-0.05, 0) is 19.1 Å². The van der Waals surface area contributed by atoms with Crippen LogP contribution in [0, 0.1) is 6.92 Å². The number of carbonyl (C=O) groups is 1. The van der Waals surface area contributed by atoms with E-state index in [1.165, 1.54) is 0 Å². The fraction of sp³-hybridized carbons (Fsp3) is 0.400. The molecule has 1 aromatic carbocycles. The predicted octanol–water partition coefficient (Wildman–Crippen LogP) is 2.30. The molecule has 0 aliphatic carbocycles. The average Bonchev–Trinajstić information content (AvgIpc) is 3.06. The number of amides is 1. The maximum absolute atomic E-state index is 12.3. The molecule has 3 rings (SSSR count). The van der Waals surface area contributed by atoms with Gasteiger partial charge >= 0.3 is 0 Å². The summed E-state index contributed by atoms with van der Waals surface area (Å²) in [6.07, 6.45) is 0.388. The number of para-hydroxylation sites is 2. The summed E-state index contributed by atoms with van der Waals surface area (Å²) in [4.78, 5) is 18.3. The zero-order chi connectivity index (χ0) is 14.8. The van der Waals surface area contributed by atoms with Gasteiger partial charge in [0.05, 0.1) is 12.3 Å². The van der Waals surface area contributed by atoms with E-state index in [2.05, 4.69) is 10.1 Å². The number of benzene rings is 1. The Kier molecular flexibility index (Phi) is 3.60. The first-order valence-electron chi connectivity index (χ1n) is 7.01. The summed E-state index contributed by atoms with van der Waals surface area (Å²) in [7, 11) is 0. The molecule has 1 fully saturated rings. The van der Waals surface area contributed by atoms with E-state index in [1.54, 1.807) is 11.8 Å². The summed E-state index contributed by atoms with van der Waals surface area (Å²) in [5.41, 5.74) is 0.798. The first-order chi connectivity index (χ1) is 10.2. The molecule has 2 aromatic rings. The Morgan fingerprint density at radius 2 is 2.24 bits per heavy atom. The third-order valence-corrected chi connectivity index (χ3v) is 3.49. The van der Waals surface area contributed by atoms with Crippen LogP contribution in [0.1, 0.15) is 31.0 Å². The lowest BCUT2D eigenvalue weighted by Crippen LogP contribution is -2.25. The minimum atomic E-state index is -0.0374. The van der Waals surface area contributed by atoms with Crippen LogP contribution in [0.15, 0.2) is 28.8 Å². The predicted molar refractivity (Wildman–Crippen MR) is 76.4 cm³/mol. The van der Waals surface area contributed by atoms with Crippen LogP contribution < -0.4 is 9.64 Å². The Morgan fingerprint density at radius 3 is 2.95 bits per heavy atom. The number of carbonyl (C=O) groups excluding carboxylic acids is 1. The van der Waals surface area contributed by atoms with Crippen LogP contribution in [0.3, 0.4) is 0 Å². The van der Waals surface area contributed by atoms with Gasteiger partial charge < -0.3 is 14.2 Å². The van der Waals surface area contributed by atoms with Crippen molar-refractivity contribution in [3.63, 3.8) is 0 Å². The van der Waals surface area contributed by atoms with Crippen LogP contribution in [-0.2, 0) is 4.79 Å². The van der Waals surface area contributed by atoms with Crippen LogP contribution in [0.5, 0.6) is 5.75 Å². The summed E-state index contributed by atoms with van der Waals surface area (Å²) in [6, 6.07) is 7.57. The number of anilines is 1. The molecular weight excluding hydrogens is 270 g/mol. The summed E-state index contributed by atoms with van der Waals surface area (Å²) in [6.45, 7) is 4.78. The summed E-state index contributed by atoms with van der Waals surface area (Å²) in [5.74, 6) is 1.85. The van der Waals surface area contributed by atoms with Gasteiger partial charge in [-0.15, -0.1) is 0 Å². The molecule has 1 atom stereocenters. The van der Waals surface area contributed by atoms with E-state index in [0.29, 0.717) is 31.3 Å². The molecule has 110 valence electrons. The average molecular weight is 287 g/mol. The van der Waals surface area contributed by atoms with Crippen molar-refractivity contribution in [1.29, 1.82) is 0 Å². The van der Waals surface area contributed by atoms with Crippen LogP contribution in [-0.4, -0.2) is 29.2 Å². The largest absolute Gasteiger partial charge is 0.492 e. The Balaban J connectivity index is 1.85. The highest BCUT2D eigenvalue weighted by atomic mass is 16.5. The van der Waals surface area contributed by atoms with E-state index in [9.17, 15) is 4.79 Å². The first kappa shape index (κ1) is 13.6. The number of aryl methyl sites for hydroxylation is 1. The summed E-state index contributed by atoms with van der Waals surface area (Å²) >= 11 is 0. The Labute approximate surface area is 122 Å². The molecule has 0 saturated carbocycles. The lowest BCUT2D eigenvalue weighted by atomic mass is 10.1. The van der Waals surface area contributed by atoms with Crippen LogP contribution in [0.4, 0.5) is 5.69 Å². The van der Waals surface area contributed by atoms with E-state index >= 15 is 0 Å². The highest BCUT2D eigenvalue weighted by Gasteiger charge is 2.35. The van der Waals surface area contributed by atoms with Crippen molar-refractivity contribution in [3.8, 4) is 5.75 Å². The zero-order valence-corrected chi connectivity index (χ0v) is 12.1. The second kappa shape index (κ2) is 5.55. The lowest BCUT2D eigenvalue weighted by molar-refractivity contribution is -0.117. The van der Waals surface area contributed by atoms with Crippen molar-refractivity contribution in [3.05, 3.63) is 36.0 Å². The molecule has 6 nitrogen and oxygen atoms in total. The Morgan fingerprint density at radius 1 is 1.43 bits per heavy atom. The molecule has 1 amide bonds. The number of hydrogen-bond donors (Lipinski definition) is 0. The van der Waals surface area contributed by atoms with Gasteiger partial charge in [0.15, 0.2) is 5.82 Å². The van der Waals surface area contributed by atoms with E-state index < -0.39 is 0 Å². The number of hydrogen-bond acceptors (Lipinski definition) is 5. The number of rotatable bonds is 4. The van der Waals surface area contributed by atoms with Crippen molar-refractivity contribution in [2.45, 2.75) is 26.2 Å². The fourth-order valence-electron chi connectivity index (χ4n) is 2.55. The molecular formula is C15H17N3O3. The standard InChI is InChI=1S/C15H17N3O3/c1-3-20-13-7-5-4-6-12(13)18-9-11(8-14(18)19)15-16-10(2)21-17-15/h4-7,11H,3,8-9H2,1-2H3. The van der Waals surface area contributed by atoms with E-state index in [0.717, 1.165) is 11.4 Å². The summed E-state index contributed by atoms with van der Waals surface area (Å²) < 4.78 is 10.6. The van der Waals surface area contributed by atoms with Gasteiger partial charge in [-0.3, -0.25) is 4.79 Å². The van der Waals surface area contributed by atoms with Gasteiger partial charge in [0.2, 0.25) is 11.8 Å². The van der Waals surface area contributed by atoms with Gasteiger partial charge in [0.1, 0.15) is 5.75 Å². The number of nitrogens with zero attached hydrogens (tertiary/aromatic N) is 3. The maximum Gasteiger partial charge on any atom is 0.227 e. The SMILES string of the molecule is CCOc1ccccc1N1CC(c2noc(C)n2)CC1=O. The third-order valence-electron chi connectivity index (χ3n) is 3.49. The van der Waals surface area contributed by atoms with Crippen LogP contribution in [0.25, 0.3) is 0 Å². The quantitative estimate of drug-likeness (QED) is 0.863. The lowest BCUT2D eigenvalue weighted by Gasteiger charge is -2.19. The second-order valence-electron chi connectivity index (χ2n) is 4.98. The molecule has 1 unspecified atom stereocenters. The molecule has 6 heteroatoms. The Hall–Kier alpha value is -2.37. The molecule has 1 aromatic heterocycles. The first-order valence-corrected chi connectivity index (χ1v) is 7.01. The van der Waals surface area contributed by atoms with Crippen molar-refractivity contribution >= 4 is 11.6 Å². The molecule has 2 heterocycles. The molecule has 1 aliphatic rings. The van der Waals surface area contributed by atoms with Crippen molar-refractivity contribution < 1.29 is 14.1 Å². The molecule has 1 saturated heterocycles. The second-order valence-corrected chi connectivity index (χ2v) is 4.98. The van der Waals surface area contributed by atoms with Crippen molar-refractivity contribution in [2.75, 3.05) is 18.1 Å².